The first-order chi connectivity index (χ1) is 3.13. The van der Waals surface area contributed by atoms with Crippen molar-refractivity contribution in [2.75, 3.05) is 0 Å². The van der Waals surface area contributed by atoms with E-state index in [1.165, 1.54) is 13.8 Å². The zero-order valence-corrected chi connectivity index (χ0v) is 9.40. The van der Waals surface area contributed by atoms with E-state index in [9.17, 15) is 9.59 Å². The Morgan fingerprint density at radius 1 is 1.00 bits per heavy atom. The first-order valence-electron chi connectivity index (χ1n) is 1.82. The van der Waals surface area contributed by atoms with Gasteiger partial charge in [0.25, 0.3) is 0 Å². The van der Waals surface area contributed by atoms with Gasteiger partial charge in [0, 0.05) is 56.0 Å². The van der Waals surface area contributed by atoms with Gasteiger partial charge >= 0.3 is 11.9 Å². The first kappa shape index (κ1) is 16.3. The third-order valence-corrected chi connectivity index (χ3v) is 0.287. The summed E-state index contributed by atoms with van der Waals surface area (Å²) in [6.07, 6.45) is 0. The third kappa shape index (κ3) is 17.7. The van der Waals surface area contributed by atoms with Crippen molar-refractivity contribution in [3.05, 3.63) is 0 Å². The molecule has 0 spiro atoms. The largest absolute Gasteiger partial charge is 0.394 e. The van der Waals surface area contributed by atoms with Gasteiger partial charge in [-0.2, -0.15) is 0 Å². The normalized spacial score (nSPS) is 6.00. The Balaban J connectivity index is -0.000000180. The smallest absolute Gasteiger partial charge is 0.310 e. The molecule has 9 heavy (non-hydrogen) atoms. The number of hydrogen-bond acceptors (Lipinski definition) is 3. The van der Waals surface area contributed by atoms with Crippen LogP contribution in [0, 0.1) is 0 Å². The Hall–Kier alpha value is 0.517. The average Bonchev–Trinajstić information content (AvgIpc) is 1.27. The number of ether oxygens (including phenoxy) is 1. The van der Waals surface area contributed by atoms with Crippen LogP contribution in [0.3, 0.4) is 0 Å². The summed E-state index contributed by atoms with van der Waals surface area (Å²) in [6, 6.07) is 0. The molecule has 0 N–H and O–H groups in total. The Kier molecular flexibility index (Phi) is 15.4. The van der Waals surface area contributed by atoms with Crippen LogP contribution < -0.4 is 0 Å². The minimum atomic E-state index is -0.562. The monoisotopic (exact) mass is 492 g/mol. The zero-order valence-electron chi connectivity index (χ0n) is 4.86. The molecule has 0 heterocycles. The van der Waals surface area contributed by atoms with E-state index in [0.29, 0.717) is 0 Å². The van der Waals surface area contributed by atoms with Crippen LogP contribution in [0.4, 0.5) is 0 Å². The van der Waals surface area contributed by atoms with Crippen LogP contribution in [0.5, 0.6) is 0 Å². The van der Waals surface area contributed by atoms with Crippen molar-refractivity contribution in [1.29, 1.82) is 0 Å². The van der Waals surface area contributed by atoms with E-state index in [-0.39, 0.29) is 42.1 Å². The summed E-state index contributed by atoms with van der Waals surface area (Å²) in [5.74, 6) is -1.12. The molecule has 0 fully saturated rings. The van der Waals surface area contributed by atoms with Gasteiger partial charge in [-0.3, -0.25) is 9.59 Å². The molecule has 0 atom stereocenters. The van der Waals surface area contributed by atoms with Crippen molar-refractivity contribution >= 4 is 11.9 Å². The van der Waals surface area contributed by atoms with E-state index in [1.54, 1.807) is 0 Å². The number of carbonyl (C=O) groups is 2. The Morgan fingerprint density at radius 3 is 1.22 bits per heavy atom. The molecule has 0 aliphatic rings. The Labute approximate surface area is 82.0 Å². The molecule has 60 valence electrons. The van der Waals surface area contributed by atoms with Gasteiger partial charge in [-0.1, -0.05) is 0 Å². The summed E-state index contributed by atoms with van der Waals surface area (Å²) < 4.78 is 3.97. The molecule has 0 bridgehead atoms. The summed E-state index contributed by atoms with van der Waals surface area (Å²) in [7, 11) is 0. The molecular weight excluding hydrogens is 486 g/mol. The predicted octanol–water partition coefficient (Wildman–Crippen LogP) is 0.0910. The number of carbonyl (C=O) groups excluding carboxylic acids is 2. The van der Waals surface area contributed by atoms with Gasteiger partial charge in [0.05, 0.1) is 0 Å². The molecule has 0 aromatic carbocycles. The molecule has 0 saturated heterocycles. The second-order valence-corrected chi connectivity index (χ2v) is 1.09. The topological polar surface area (TPSA) is 43.4 Å². The van der Waals surface area contributed by atoms with E-state index < -0.39 is 11.9 Å². The van der Waals surface area contributed by atoms with Crippen LogP contribution in [0.25, 0.3) is 0 Å². The van der Waals surface area contributed by atoms with E-state index in [4.69, 9.17) is 0 Å². The van der Waals surface area contributed by atoms with Gasteiger partial charge in [0.2, 0.25) is 0 Å². The van der Waals surface area contributed by atoms with Gasteiger partial charge in [-0.05, 0) is 0 Å². The van der Waals surface area contributed by atoms with Crippen molar-refractivity contribution in [2.24, 2.45) is 0 Å². The molecule has 0 saturated carbocycles. The fraction of sp³-hybridized carbons (Fsp3) is 0.500. The van der Waals surface area contributed by atoms with Gasteiger partial charge in [-0.25, -0.2) is 0 Å². The van der Waals surface area contributed by atoms with Crippen molar-refractivity contribution in [3.63, 3.8) is 0 Å². The van der Waals surface area contributed by atoms with E-state index in [0.717, 1.165) is 0 Å². The second kappa shape index (κ2) is 8.52. The van der Waals surface area contributed by atoms with E-state index >= 15 is 0 Å². The molecule has 0 rings (SSSR count). The van der Waals surface area contributed by atoms with Gasteiger partial charge in [0.1, 0.15) is 0 Å². The molecule has 0 aromatic rings. The van der Waals surface area contributed by atoms with Crippen LogP contribution in [0.1, 0.15) is 13.8 Å². The quantitative estimate of drug-likeness (QED) is 0.356. The van der Waals surface area contributed by atoms with Crippen LogP contribution in [0.15, 0.2) is 0 Å². The molecule has 0 unspecified atom stereocenters. The van der Waals surface area contributed by atoms with Crippen LogP contribution >= 0.6 is 0 Å². The molecule has 0 aliphatic carbocycles. The molecular formula is C4H6O3Pt2. The average molecular weight is 492 g/mol. The maximum absolute atomic E-state index is 9.81. The summed E-state index contributed by atoms with van der Waals surface area (Å²) in [5.41, 5.74) is 0. The Bertz CT molecular complexity index is 90.0. The maximum atomic E-state index is 9.81. The van der Waals surface area contributed by atoms with Gasteiger partial charge in [-0.15, -0.1) is 0 Å². The van der Waals surface area contributed by atoms with Crippen molar-refractivity contribution in [2.45, 2.75) is 13.8 Å². The third-order valence-electron chi connectivity index (χ3n) is 0.287. The molecule has 0 aliphatic heterocycles. The molecule has 5 heteroatoms. The summed E-state index contributed by atoms with van der Waals surface area (Å²) in [5, 5.41) is 0. The van der Waals surface area contributed by atoms with Crippen LogP contribution in [-0.4, -0.2) is 11.9 Å². The molecule has 3 nitrogen and oxygen atoms in total. The van der Waals surface area contributed by atoms with Crippen molar-refractivity contribution in [3.8, 4) is 0 Å². The van der Waals surface area contributed by atoms with Gasteiger partial charge in [0.15, 0.2) is 0 Å². The number of esters is 2. The fourth-order valence-corrected chi connectivity index (χ4v) is 0.202. The molecule has 0 radical (unpaired) electrons. The zero-order chi connectivity index (χ0) is 5.86. The summed E-state index contributed by atoms with van der Waals surface area (Å²) >= 11 is 0. The van der Waals surface area contributed by atoms with E-state index in [1.807, 2.05) is 0 Å². The van der Waals surface area contributed by atoms with Crippen LogP contribution in [0.2, 0.25) is 0 Å². The maximum Gasteiger partial charge on any atom is 0.310 e. The minimum absolute atomic E-state index is 0. The Morgan fingerprint density at radius 2 is 1.22 bits per heavy atom. The van der Waals surface area contributed by atoms with Crippen molar-refractivity contribution < 1.29 is 56.5 Å². The fourth-order valence-electron chi connectivity index (χ4n) is 0.202. The summed E-state index contributed by atoms with van der Waals surface area (Å²) in [6.45, 7) is 2.36. The van der Waals surface area contributed by atoms with Crippen LogP contribution in [-0.2, 0) is 56.5 Å². The first-order valence-corrected chi connectivity index (χ1v) is 1.82. The molecule has 0 aromatic heterocycles. The van der Waals surface area contributed by atoms with E-state index in [2.05, 4.69) is 4.74 Å². The summed E-state index contributed by atoms with van der Waals surface area (Å²) in [4.78, 5) is 19.6. The minimum Gasteiger partial charge on any atom is -0.394 e. The standard InChI is InChI=1S/C4H6O3.2Pt/c1-3(5)7-4(2)6;;/h1-2H3;;. The number of rotatable bonds is 0. The predicted molar refractivity (Wildman–Crippen MR) is 22.4 cm³/mol. The van der Waals surface area contributed by atoms with Gasteiger partial charge < -0.3 is 4.74 Å². The SMILES string of the molecule is CC(=O)OC(C)=O.[Pt].[Pt]. The van der Waals surface area contributed by atoms with Crippen molar-refractivity contribution in [1.82, 2.24) is 0 Å². The second-order valence-electron chi connectivity index (χ2n) is 1.09. The molecule has 0 amide bonds. The number of hydrogen-bond donors (Lipinski definition) is 0.